The van der Waals surface area contributed by atoms with Crippen molar-refractivity contribution >= 4 is 34.9 Å². The smallest absolute Gasteiger partial charge is 0.304 e. The van der Waals surface area contributed by atoms with Crippen molar-refractivity contribution < 1.29 is 22.8 Å². The highest BCUT2D eigenvalue weighted by Gasteiger charge is 2.29. The number of anilines is 1. The maximum absolute atomic E-state index is 12.5. The SMILES string of the molecule is CC(=O)c1ncc(Cn2ncc(NC(=O)C=Cc3ccc(C(F)(F)F)cc3)n2)s1. The molecule has 3 rings (SSSR count). The van der Waals surface area contributed by atoms with Crippen LogP contribution in [0.2, 0.25) is 0 Å². The molecule has 0 unspecified atom stereocenters. The molecule has 0 atom stereocenters. The molecule has 1 amide bonds. The molecule has 2 heterocycles. The second-order valence-corrected chi connectivity index (χ2v) is 7.01. The number of alkyl halides is 3. The van der Waals surface area contributed by atoms with Gasteiger partial charge in [0.05, 0.1) is 18.3 Å². The number of hydrogen-bond donors (Lipinski definition) is 1. The molecule has 0 bridgehead atoms. The molecule has 1 N–H and O–H groups in total. The van der Waals surface area contributed by atoms with E-state index in [1.807, 2.05) is 0 Å². The van der Waals surface area contributed by atoms with E-state index in [1.165, 1.54) is 53.5 Å². The maximum atomic E-state index is 12.5. The fourth-order valence-electron chi connectivity index (χ4n) is 2.24. The van der Waals surface area contributed by atoms with Crippen molar-refractivity contribution in [3.05, 3.63) is 63.7 Å². The van der Waals surface area contributed by atoms with E-state index in [0.29, 0.717) is 17.1 Å². The quantitative estimate of drug-likeness (QED) is 0.485. The molecule has 1 aromatic carbocycles. The molecule has 11 heteroatoms. The largest absolute Gasteiger partial charge is 0.416 e. The van der Waals surface area contributed by atoms with Gasteiger partial charge in [-0.05, 0) is 23.8 Å². The summed E-state index contributed by atoms with van der Waals surface area (Å²) in [5.41, 5.74) is -0.310. The summed E-state index contributed by atoms with van der Waals surface area (Å²) in [4.78, 5) is 29.3. The van der Waals surface area contributed by atoms with Crippen molar-refractivity contribution in [3.63, 3.8) is 0 Å². The van der Waals surface area contributed by atoms with Gasteiger partial charge in [-0.2, -0.15) is 23.1 Å². The molecule has 0 saturated carbocycles. The molecular formula is C18H14F3N5O2S. The zero-order valence-electron chi connectivity index (χ0n) is 15.0. The molecule has 0 aliphatic heterocycles. The van der Waals surface area contributed by atoms with Crippen LogP contribution in [-0.4, -0.2) is 31.7 Å². The van der Waals surface area contributed by atoms with E-state index in [0.717, 1.165) is 17.0 Å². The summed E-state index contributed by atoms with van der Waals surface area (Å²) >= 11 is 1.24. The minimum absolute atomic E-state index is 0.123. The van der Waals surface area contributed by atoms with Crippen molar-refractivity contribution in [3.8, 4) is 0 Å². The van der Waals surface area contributed by atoms with E-state index in [2.05, 4.69) is 20.5 Å². The molecule has 0 aliphatic carbocycles. The molecule has 0 saturated heterocycles. The number of carbonyl (C=O) groups excluding carboxylic acids is 2. The minimum atomic E-state index is -4.40. The second-order valence-electron chi connectivity index (χ2n) is 5.89. The summed E-state index contributed by atoms with van der Waals surface area (Å²) in [6.45, 7) is 1.73. The van der Waals surface area contributed by atoms with Crippen molar-refractivity contribution in [2.45, 2.75) is 19.6 Å². The average Bonchev–Trinajstić information content (AvgIpc) is 3.30. The first-order valence-corrected chi connectivity index (χ1v) is 9.04. The van der Waals surface area contributed by atoms with Crippen LogP contribution in [0.5, 0.6) is 0 Å². The second kappa shape index (κ2) is 8.35. The van der Waals surface area contributed by atoms with Crippen LogP contribution < -0.4 is 5.32 Å². The van der Waals surface area contributed by atoms with E-state index in [4.69, 9.17) is 0 Å². The fraction of sp³-hybridized carbons (Fsp3) is 0.167. The Morgan fingerprint density at radius 2 is 1.93 bits per heavy atom. The monoisotopic (exact) mass is 421 g/mol. The van der Waals surface area contributed by atoms with Crippen LogP contribution in [0.4, 0.5) is 19.0 Å². The number of carbonyl (C=O) groups is 2. The average molecular weight is 421 g/mol. The molecule has 0 radical (unpaired) electrons. The summed E-state index contributed by atoms with van der Waals surface area (Å²) in [5.74, 6) is -0.417. The third-order valence-electron chi connectivity index (χ3n) is 3.60. The van der Waals surface area contributed by atoms with Crippen LogP contribution in [0.25, 0.3) is 6.08 Å². The zero-order valence-corrected chi connectivity index (χ0v) is 15.8. The third kappa shape index (κ3) is 5.57. The standard InChI is InChI=1S/C18H14F3N5O2S/c1-11(27)17-22-8-14(29-17)10-26-23-9-15(25-26)24-16(28)7-4-12-2-5-13(6-3-12)18(19,20)21/h2-9H,10H2,1H3,(H,24,25,28). The van der Waals surface area contributed by atoms with Gasteiger partial charge in [-0.3, -0.25) is 9.59 Å². The van der Waals surface area contributed by atoms with Gasteiger partial charge in [0.1, 0.15) is 0 Å². The Morgan fingerprint density at radius 1 is 1.21 bits per heavy atom. The Hall–Kier alpha value is -3.34. The Morgan fingerprint density at radius 3 is 2.55 bits per heavy atom. The highest BCUT2D eigenvalue weighted by molar-refractivity contribution is 7.13. The number of hydrogen-bond acceptors (Lipinski definition) is 6. The molecule has 150 valence electrons. The normalized spacial score (nSPS) is 11.7. The molecule has 0 spiro atoms. The number of ketones is 1. The molecule has 3 aromatic rings. The number of nitrogens with zero attached hydrogens (tertiary/aromatic N) is 4. The van der Waals surface area contributed by atoms with E-state index < -0.39 is 17.6 Å². The molecular weight excluding hydrogens is 407 g/mol. The number of nitrogens with one attached hydrogen (secondary N) is 1. The molecule has 0 aliphatic rings. The van der Waals surface area contributed by atoms with Crippen molar-refractivity contribution in [2.75, 3.05) is 5.32 Å². The van der Waals surface area contributed by atoms with Gasteiger partial charge in [-0.15, -0.1) is 16.4 Å². The first kappa shape index (κ1) is 20.4. The number of rotatable bonds is 6. The predicted octanol–water partition coefficient (Wildman–Crippen LogP) is 3.66. The van der Waals surface area contributed by atoms with Gasteiger partial charge in [0.2, 0.25) is 5.91 Å². The van der Waals surface area contributed by atoms with Gasteiger partial charge in [0.15, 0.2) is 16.6 Å². The zero-order chi connectivity index (χ0) is 21.0. The van der Waals surface area contributed by atoms with Gasteiger partial charge in [-0.1, -0.05) is 12.1 Å². The highest BCUT2D eigenvalue weighted by atomic mass is 32.1. The topological polar surface area (TPSA) is 89.8 Å². The summed E-state index contributed by atoms with van der Waals surface area (Å²) in [7, 11) is 0. The summed E-state index contributed by atoms with van der Waals surface area (Å²) < 4.78 is 37.6. The lowest BCUT2D eigenvalue weighted by atomic mass is 10.1. The first-order valence-electron chi connectivity index (χ1n) is 8.23. The molecule has 0 fully saturated rings. The minimum Gasteiger partial charge on any atom is -0.304 e. The Bertz CT molecular complexity index is 1050. The highest BCUT2D eigenvalue weighted by Crippen LogP contribution is 2.29. The summed E-state index contributed by atoms with van der Waals surface area (Å²) in [6, 6.07) is 4.43. The lowest BCUT2D eigenvalue weighted by molar-refractivity contribution is -0.137. The Balaban J connectivity index is 1.57. The van der Waals surface area contributed by atoms with Gasteiger partial charge < -0.3 is 5.32 Å². The van der Waals surface area contributed by atoms with Crippen LogP contribution >= 0.6 is 11.3 Å². The Kier molecular flexibility index (Phi) is 5.87. The van der Waals surface area contributed by atoms with Gasteiger partial charge in [0.25, 0.3) is 0 Å². The summed E-state index contributed by atoms with van der Waals surface area (Å²) in [5, 5.41) is 11.0. The molecule has 29 heavy (non-hydrogen) atoms. The van der Waals surface area contributed by atoms with E-state index in [-0.39, 0.29) is 11.6 Å². The number of benzene rings is 1. The molecule has 2 aromatic heterocycles. The van der Waals surface area contributed by atoms with Crippen LogP contribution in [0.15, 0.2) is 42.7 Å². The van der Waals surface area contributed by atoms with E-state index in [1.54, 1.807) is 6.20 Å². The number of thiazole rings is 1. The Labute approximate surface area is 166 Å². The van der Waals surface area contributed by atoms with Crippen molar-refractivity contribution in [2.24, 2.45) is 0 Å². The van der Waals surface area contributed by atoms with Gasteiger partial charge >= 0.3 is 6.18 Å². The number of Topliss-reactive ketones (excluding diaryl/α,β-unsaturated/α-hetero) is 1. The third-order valence-corrected chi connectivity index (χ3v) is 4.69. The van der Waals surface area contributed by atoms with Crippen molar-refractivity contribution in [1.82, 2.24) is 20.0 Å². The maximum Gasteiger partial charge on any atom is 0.416 e. The van der Waals surface area contributed by atoms with Gasteiger partial charge in [-0.25, -0.2) is 4.98 Å². The first-order chi connectivity index (χ1) is 13.7. The number of halogens is 3. The van der Waals surface area contributed by atoms with Crippen molar-refractivity contribution in [1.29, 1.82) is 0 Å². The predicted molar refractivity (Wildman–Crippen MR) is 100 cm³/mol. The number of aromatic nitrogens is 4. The lowest BCUT2D eigenvalue weighted by Gasteiger charge is -2.05. The van der Waals surface area contributed by atoms with E-state index >= 15 is 0 Å². The van der Waals surface area contributed by atoms with Crippen LogP contribution in [0, 0.1) is 0 Å². The van der Waals surface area contributed by atoms with Crippen LogP contribution in [0.1, 0.15) is 32.7 Å². The van der Waals surface area contributed by atoms with Crippen LogP contribution in [-0.2, 0) is 17.5 Å². The molecule has 7 nitrogen and oxygen atoms in total. The van der Waals surface area contributed by atoms with E-state index in [9.17, 15) is 22.8 Å². The summed E-state index contributed by atoms with van der Waals surface area (Å²) in [6.07, 6.45) is 1.09. The number of amides is 1. The lowest BCUT2D eigenvalue weighted by Crippen LogP contribution is -2.09. The fourth-order valence-corrected chi connectivity index (χ4v) is 3.02. The van der Waals surface area contributed by atoms with Gasteiger partial charge in [0, 0.05) is 24.1 Å². The van der Waals surface area contributed by atoms with Crippen LogP contribution in [0.3, 0.4) is 0 Å².